The molecule has 2 aromatic carbocycles. The second kappa shape index (κ2) is 6.76. The van der Waals surface area contributed by atoms with E-state index in [9.17, 15) is 24.5 Å². The van der Waals surface area contributed by atoms with Crippen molar-refractivity contribution >= 4 is 23.4 Å². The van der Waals surface area contributed by atoms with E-state index in [1.54, 1.807) is 0 Å². The molecule has 0 saturated heterocycles. The molecule has 9 nitrogen and oxygen atoms in total. The summed E-state index contributed by atoms with van der Waals surface area (Å²) < 4.78 is 5.55. The van der Waals surface area contributed by atoms with Crippen molar-refractivity contribution in [2.75, 3.05) is 13.2 Å². The lowest BCUT2D eigenvalue weighted by Crippen LogP contribution is -2.42. The molecule has 0 aromatic heterocycles. The molecule has 4 rings (SSSR count). The largest absolute Gasteiger partial charge is 0.493 e. The lowest BCUT2D eigenvalue weighted by molar-refractivity contribution is -0.384. The van der Waals surface area contributed by atoms with Gasteiger partial charge in [0.1, 0.15) is 12.3 Å². The lowest BCUT2D eigenvalue weighted by atomic mass is 10.0. The van der Waals surface area contributed by atoms with Gasteiger partial charge in [-0.15, -0.1) is 0 Å². The number of fused-ring (bicyclic) bond motifs is 2. The van der Waals surface area contributed by atoms with Gasteiger partial charge in [0.05, 0.1) is 28.7 Å². The molecule has 0 aliphatic carbocycles. The van der Waals surface area contributed by atoms with Crippen molar-refractivity contribution in [1.82, 2.24) is 10.2 Å². The maximum Gasteiger partial charge on any atom is 0.270 e. The molecule has 2 heterocycles. The molecule has 2 aromatic rings. The van der Waals surface area contributed by atoms with Crippen LogP contribution in [-0.4, -0.2) is 40.7 Å². The number of rotatable bonds is 4. The second-order valence-electron chi connectivity index (χ2n) is 6.48. The Morgan fingerprint density at radius 2 is 1.93 bits per heavy atom. The molecule has 1 N–H and O–H groups in total. The number of imide groups is 1. The summed E-state index contributed by atoms with van der Waals surface area (Å²) in [5, 5.41) is 13.7. The summed E-state index contributed by atoms with van der Waals surface area (Å²) in [7, 11) is 0. The maximum atomic E-state index is 12.5. The standard InChI is InChI=1S/C19H15N3O6/c23-17(20-15-7-8-28-16-4-2-1-3-13(15)16)10-21-18(24)12-6-5-11(22(26)27)9-14(12)19(21)25/h1-6,9,15H,7-8,10H2,(H,20,23)/t15-/m1/s1. The van der Waals surface area contributed by atoms with E-state index in [2.05, 4.69) is 5.32 Å². The quantitative estimate of drug-likeness (QED) is 0.490. The minimum atomic E-state index is -0.716. The zero-order valence-corrected chi connectivity index (χ0v) is 14.6. The monoisotopic (exact) mass is 381 g/mol. The molecule has 0 bridgehead atoms. The third-order valence-corrected chi connectivity index (χ3v) is 4.76. The van der Waals surface area contributed by atoms with E-state index in [0.29, 0.717) is 18.8 Å². The van der Waals surface area contributed by atoms with Gasteiger partial charge in [0.25, 0.3) is 17.5 Å². The topological polar surface area (TPSA) is 119 Å². The van der Waals surface area contributed by atoms with Gasteiger partial charge in [0.15, 0.2) is 0 Å². The Hall–Kier alpha value is -3.75. The van der Waals surface area contributed by atoms with Crippen LogP contribution in [0.1, 0.15) is 38.7 Å². The third-order valence-electron chi connectivity index (χ3n) is 4.76. The van der Waals surface area contributed by atoms with Gasteiger partial charge in [-0.2, -0.15) is 0 Å². The molecule has 0 unspecified atom stereocenters. The lowest BCUT2D eigenvalue weighted by Gasteiger charge is -2.27. The van der Waals surface area contributed by atoms with Gasteiger partial charge >= 0.3 is 0 Å². The Bertz CT molecular complexity index is 1020. The van der Waals surface area contributed by atoms with Gasteiger partial charge in [-0.3, -0.25) is 29.4 Å². The number of non-ortho nitro benzene ring substituents is 1. The summed E-state index contributed by atoms with van der Waals surface area (Å²) in [5.74, 6) is -1.17. The van der Waals surface area contributed by atoms with Gasteiger partial charge in [0, 0.05) is 24.1 Å². The number of amides is 3. The van der Waals surface area contributed by atoms with Crippen molar-refractivity contribution < 1.29 is 24.0 Å². The highest BCUT2D eigenvalue weighted by Crippen LogP contribution is 2.32. The summed E-state index contributed by atoms with van der Waals surface area (Å²) in [6.07, 6.45) is 0.567. The highest BCUT2D eigenvalue weighted by Gasteiger charge is 2.38. The van der Waals surface area contributed by atoms with Crippen LogP contribution in [0.2, 0.25) is 0 Å². The number of carbonyl (C=O) groups excluding carboxylic acids is 3. The fourth-order valence-corrected chi connectivity index (χ4v) is 3.41. The number of nitro benzene ring substituents is 1. The van der Waals surface area contributed by atoms with Crippen LogP contribution < -0.4 is 10.1 Å². The van der Waals surface area contributed by atoms with Crippen molar-refractivity contribution in [1.29, 1.82) is 0 Å². The molecule has 0 spiro atoms. The molecule has 28 heavy (non-hydrogen) atoms. The summed E-state index contributed by atoms with van der Waals surface area (Å²) in [6.45, 7) is -0.0156. The van der Waals surface area contributed by atoms with Crippen molar-refractivity contribution in [2.24, 2.45) is 0 Å². The Kier molecular flexibility index (Phi) is 4.26. The molecule has 2 aliphatic rings. The fourth-order valence-electron chi connectivity index (χ4n) is 3.41. The predicted molar refractivity (Wildman–Crippen MR) is 95.9 cm³/mol. The smallest absolute Gasteiger partial charge is 0.270 e. The Morgan fingerprint density at radius 3 is 2.71 bits per heavy atom. The van der Waals surface area contributed by atoms with Crippen molar-refractivity contribution in [3.05, 3.63) is 69.3 Å². The van der Waals surface area contributed by atoms with Crippen LogP contribution >= 0.6 is 0 Å². The molecular weight excluding hydrogens is 366 g/mol. The molecule has 142 valence electrons. The Labute approximate surface area is 159 Å². The van der Waals surface area contributed by atoms with Crippen LogP contribution in [0.5, 0.6) is 5.75 Å². The number of nitro groups is 1. The van der Waals surface area contributed by atoms with Crippen LogP contribution in [0, 0.1) is 10.1 Å². The number of hydrogen-bond donors (Lipinski definition) is 1. The summed E-state index contributed by atoms with van der Waals surface area (Å²) in [6, 6.07) is 10.5. The first kappa shape index (κ1) is 17.7. The number of nitrogens with zero attached hydrogens (tertiary/aromatic N) is 2. The summed E-state index contributed by atoms with van der Waals surface area (Å²) >= 11 is 0. The molecule has 0 fully saturated rings. The Morgan fingerprint density at radius 1 is 1.18 bits per heavy atom. The minimum Gasteiger partial charge on any atom is -0.493 e. The first-order chi connectivity index (χ1) is 13.5. The van der Waals surface area contributed by atoms with Gasteiger partial charge in [0.2, 0.25) is 5.91 Å². The zero-order chi connectivity index (χ0) is 19.8. The molecule has 3 amide bonds. The van der Waals surface area contributed by atoms with E-state index >= 15 is 0 Å². The van der Waals surface area contributed by atoms with E-state index in [-0.39, 0.29) is 22.9 Å². The van der Waals surface area contributed by atoms with Crippen molar-refractivity contribution in [3.63, 3.8) is 0 Å². The number of carbonyl (C=O) groups is 3. The van der Waals surface area contributed by atoms with Crippen LogP contribution in [0.4, 0.5) is 5.69 Å². The summed E-state index contributed by atoms with van der Waals surface area (Å²) in [5.41, 5.74) is 0.535. The average molecular weight is 381 g/mol. The predicted octanol–water partition coefficient (Wildman–Crippen LogP) is 1.83. The summed E-state index contributed by atoms with van der Waals surface area (Å²) in [4.78, 5) is 48.5. The molecular formula is C19H15N3O6. The van der Waals surface area contributed by atoms with E-state index in [1.165, 1.54) is 6.07 Å². The van der Waals surface area contributed by atoms with Gasteiger partial charge in [-0.05, 0) is 12.1 Å². The van der Waals surface area contributed by atoms with E-state index in [4.69, 9.17) is 4.74 Å². The van der Waals surface area contributed by atoms with Crippen molar-refractivity contribution in [2.45, 2.75) is 12.5 Å². The van der Waals surface area contributed by atoms with E-state index in [1.807, 2.05) is 24.3 Å². The number of nitrogens with one attached hydrogen (secondary N) is 1. The molecule has 0 saturated carbocycles. The maximum absolute atomic E-state index is 12.5. The highest BCUT2D eigenvalue weighted by atomic mass is 16.6. The second-order valence-corrected chi connectivity index (χ2v) is 6.48. The van der Waals surface area contributed by atoms with E-state index in [0.717, 1.165) is 22.6 Å². The number of para-hydroxylation sites is 1. The number of ether oxygens (including phenoxy) is 1. The minimum absolute atomic E-state index is 0.0554. The number of benzene rings is 2. The van der Waals surface area contributed by atoms with Crippen LogP contribution in [0.3, 0.4) is 0 Å². The molecule has 1 atom stereocenters. The molecule has 0 radical (unpaired) electrons. The van der Waals surface area contributed by atoms with Crippen molar-refractivity contribution in [3.8, 4) is 5.75 Å². The SMILES string of the molecule is O=C(CN1C(=O)c2ccc([N+](=O)[O-])cc2C1=O)N[C@@H]1CCOc2ccccc21. The first-order valence-electron chi connectivity index (χ1n) is 8.61. The third kappa shape index (κ3) is 2.96. The first-order valence-corrected chi connectivity index (χ1v) is 8.61. The number of hydrogen-bond acceptors (Lipinski definition) is 6. The fraction of sp³-hybridized carbons (Fsp3) is 0.211. The van der Waals surface area contributed by atoms with Gasteiger partial charge < -0.3 is 10.1 Å². The van der Waals surface area contributed by atoms with E-state index < -0.39 is 29.2 Å². The molecule has 2 aliphatic heterocycles. The normalized spacial score (nSPS) is 17.6. The van der Waals surface area contributed by atoms with Gasteiger partial charge in [-0.25, -0.2) is 0 Å². The van der Waals surface area contributed by atoms with Crippen LogP contribution in [0.15, 0.2) is 42.5 Å². The zero-order valence-electron chi connectivity index (χ0n) is 14.6. The van der Waals surface area contributed by atoms with Crippen LogP contribution in [-0.2, 0) is 4.79 Å². The average Bonchev–Trinajstić information content (AvgIpc) is 2.92. The highest BCUT2D eigenvalue weighted by molar-refractivity contribution is 6.22. The van der Waals surface area contributed by atoms with Gasteiger partial charge in [-0.1, -0.05) is 18.2 Å². The molecule has 9 heteroatoms. The van der Waals surface area contributed by atoms with Crippen LogP contribution in [0.25, 0.3) is 0 Å². The Balaban J connectivity index is 1.49.